The van der Waals surface area contributed by atoms with Gasteiger partial charge >= 0.3 is 0 Å². The van der Waals surface area contributed by atoms with Crippen LogP contribution in [0.5, 0.6) is 0 Å². The van der Waals surface area contributed by atoms with Crippen molar-refractivity contribution in [2.75, 3.05) is 0 Å². The number of fused-ring (bicyclic) bond motifs is 1. The fraction of sp³-hybridized carbons (Fsp3) is 0.467. The van der Waals surface area contributed by atoms with E-state index in [1.807, 2.05) is 0 Å². The summed E-state index contributed by atoms with van der Waals surface area (Å²) in [6.07, 6.45) is 0. The van der Waals surface area contributed by atoms with Crippen molar-refractivity contribution in [1.82, 2.24) is 9.88 Å². The van der Waals surface area contributed by atoms with Gasteiger partial charge in [-0.05, 0) is 25.0 Å². The molecule has 0 amide bonds. The quantitative estimate of drug-likeness (QED) is 0.856. The summed E-state index contributed by atoms with van der Waals surface area (Å²) in [5.41, 5.74) is 5.51. The molecule has 2 heteroatoms. The molecule has 0 unspecified atom stereocenters. The molecule has 0 bridgehead atoms. The number of rotatable bonds is 3. The highest BCUT2D eigenvalue weighted by Gasteiger charge is 2.12. The van der Waals surface area contributed by atoms with Gasteiger partial charge in [0.1, 0.15) is 0 Å². The highest BCUT2D eigenvalue weighted by Crippen LogP contribution is 2.26. The Balaban J connectivity index is 2.53. The number of hydrogen-bond donors (Lipinski definition) is 1. The van der Waals surface area contributed by atoms with Crippen LogP contribution >= 0.6 is 0 Å². The molecule has 0 saturated heterocycles. The van der Waals surface area contributed by atoms with E-state index < -0.39 is 0 Å². The lowest BCUT2D eigenvalue weighted by Gasteiger charge is -2.10. The van der Waals surface area contributed by atoms with Crippen molar-refractivity contribution < 1.29 is 0 Å². The van der Waals surface area contributed by atoms with Gasteiger partial charge in [-0.2, -0.15) is 0 Å². The van der Waals surface area contributed by atoms with E-state index in [9.17, 15) is 0 Å². The summed E-state index contributed by atoms with van der Waals surface area (Å²) < 4.78 is 2.33. The summed E-state index contributed by atoms with van der Waals surface area (Å²) in [5, 5.41) is 4.89. The minimum absolute atomic E-state index is 0.522. The highest BCUT2D eigenvalue weighted by molar-refractivity contribution is 5.87. The molecule has 1 aromatic heterocycles. The molecule has 0 aliphatic rings. The second kappa shape index (κ2) is 4.53. The van der Waals surface area contributed by atoms with Gasteiger partial charge in [0.05, 0.1) is 5.52 Å². The van der Waals surface area contributed by atoms with E-state index in [1.54, 1.807) is 0 Å². The Morgan fingerprint density at radius 1 is 1.24 bits per heavy atom. The van der Waals surface area contributed by atoms with Crippen LogP contribution in [0.4, 0.5) is 0 Å². The predicted molar refractivity (Wildman–Crippen MR) is 74.4 cm³/mol. The molecular formula is C15H22N2. The van der Waals surface area contributed by atoms with E-state index in [0.29, 0.717) is 6.04 Å². The largest absolute Gasteiger partial charge is 0.346 e. The average molecular weight is 230 g/mol. The normalized spacial score (nSPS) is 11.6. The third-order valence-electron chi connectivity index (χ3n) is 3.49. The van der Waals surface area contributed by atoms with Crippen molar-refractivity contribution in [2.24, 2.45) is 7.05 Å². The molecule has 2 nitrogen and oxygen atoms in total. The van der Waals surface area contributed by atoms with E-state index in [1.165, 1.54) is 27.7 Å². The Kier molecular flexibility index (Phi) is 3.25. The van der Waals surface area contributed by atoms with E-state index >= 15 is 0 Å². The second-order valence-corrected chi connectivity index (χ2v) is 5.14. The zero-order valence-corrected chi connectivity index (χ0v) is 11.5. The number of nitrogens with zero attached hydrogens (tertiary/aromatic N) is 1. The Morgan fingerprint density at radius 3 is 2.53 bits per heavy atom. The van der Waals surface area contributed by atoms with Crippen molar-refractivity contribution in [3.05, 3.63) is 35.0 Å². The summed E-state index contributed by atoms with van der Waals surface area (Å²) in [7, 11) is 2.17. The Labute approximate surface area is 104 Å². The molecule has 17 heavy (non-hydrogen) atoms. The van der Waals surface area contributed by atoms with Gasteiger partial charge in [-0.15, -0.1) is 0 Å². The van der Waals surface area contributed by atoms with Crippen LogP contribution < -0.4 is 5.32 Å². The van der Waals surface area contributed by atoms with Crippen molar-refractivity contribution in [3.8, 4) is 0 Å². The third kappa shape index (κ3) is 2.09. The van der Waals surface area contributed by atoms with Crippen LogP contribution in [0.25, 0.3) is 10.9 Å². The van der Waals surface area contributed by atoms with E-state index in [4.69, 9.17) is 0 Å². The number of aryl methyl sites for hydroxylation is 3. The Bertz CT molecular complexity index is 535. The van der Waals surface area contributed by atoms with Crippen LogP contribution in [0, 0.1) is 13.8 Å². The van der Waals surface area contributed by atoms with Crippen LogP contribution in [-0.4, -0.2) is 10.6 Å². The molecule has 0 radical (unpaired) electrons. The van der Waals surface area contributed by atoms with Crippen LogP contribution in [0.3, 0.4) is 0 Å². The minimum Gasteiger partial charge on any atom is -0.346 e. The third-order valence-corrected chi connectivity index (χ3v) is 3.49. The molecule has 2 rings (SSSR count). The summed E-state index contributed by atoms with van der Waals surface area (Å²) in [5.74, 6) is 0. The molecule has 0 aliphatic carbocycles. The van der Waals surface area contributed by atoms with Gasteiger partial charge in [0.15, 0.2) is 0 Å². The lowest BCUT2D eigenvalue weighted by atomic mass is 10.1. The Hall–Kier alpha value is -1.28. The fourth-order valence-corrected chi connectivity index (χ4v) is 2.50. The molecule has 92 valence electrons. The maximum absolute atomic E-state index is 3.50. The van der Waals surface area contributed by atoms with Crippen molar-refractivity contribution >= 4 is 10.9 Å². The predicted octanol–water partition coefficient (Wildman–Crippen LogP) is 3.29. The molecule has 0 saturated carbocycles. The molecule has 0 aliphatic heterocycles. The zero-order chi connectivity index (χ0) is 12.6. The number of benzene rings is 1. The standard InChI is InChI=1S/C15H22N2/c1-10(2)16-9-14-12(4)13-8-6-7-11(3)15(13)17(14)5/h6-8,10,16H,9H2,1-5H3. The van der Waals surface area contributed by atoms with Gasteiger partial charge in [-0.3, -0.25) is 0 Å². The highest BCUT2D eigenvalue weighted by atomic mass is 15.0. The second-order valence-electron chi connectivity index (χ2n) is 5.14. The average Bonchev–Trinajstić information content (AvgIpc) is 2.50. The topological polar surface area (TPSA) is 17.0 Å². The Morgan fingerprint density at radius 2 is 1.94 bits per heavy atom. The molecular weight excluding hydrogens is 208 g/mol. The number of nitrogens with one attached hydrogen (secondary N) is 1. The maximum Gasteiger partial charge on any atom is 0.0512 e. The van der Waals surface area contributed by atoms with Crippen molar-refractivity contribution in [2.45, 2.75) is 40.3 Å². The first kappa shape index (κ1) is 12.2. The van der Waals surface area contributed by atoms with Crippen LogP contribution in [0.15, 0.2) is 18.2 Å². The van der Waals surface area contributed by atoms with E-state index in [-0.39, 0.29) is 0 Å². The smallest absolute Gasteiger partial charge is 0.0512 e. The number of aromatic nitrogens is 1. The van der Waals surface area contributed by atoms with E-state index in [2.05, 4.69) is 62.8 Å². The van der Waals surface area contributed by atoms with Gasteiger partial charge in [-0.1, -0.05) is 32.0 Å². The van der Waals surface area contributed by atoms with Crippen LogP contribution in [0.1, 0.15) is 30.7 Å². The number of para-hydroxylation sites is 1. The van der Waals surface area contributed by atoms with Gasteiger partial charge in [0, 0.05) is 30.7 Å². The first-order chi connectivity index (χ1) is 8.02. The zero-order valence-electron chi connectivity index (χ0n) is 11.5. The van der Waals surface area contributed by atoms with Gasteiger partial charge in [0.25, 0.3) is 0 Å². The molecule has 1 aromatic carbocycles. The van der Waals surface area contributed by atoms with Crippen molar-refractivity contribution in [1.29, 1.82) is 0 Å². The molecule has 2 aromatic rings. The van der Waals surface area contributed by atoms with Gasteiger partial charge in [0.2, 0.25) is 0 Å². The van der Waals surface area contributed by atoms with Crippen molar-refractivity contribution in [3.63, 3.8) is 0 Å². The molecule has 0 spiro atoms. The minimum atomic E-state index is 0.522. The summed E-state index contributed by atoms with van der Waals surface area (Å²) in [4.78, 5) is 0. The summed E-state index contributed by atoms with van der Waals surface area (Å²) in [6, 6.07) is 7.07. The van der Waals surface area contributed by atoms with E-state index in [0.717, 1.165) is 6.54 Å². The summed E-state index contributed by atoms with van der Waals surface area (Å²) in [6.45, 7) is 9.71. The fourth-order valence-electron chi connectivity index (χ4n) is 2.50. The summed E-state index contributed by atoms with van der Waals surface area (Å²) >= 11 is 0. The maximum atomic E-state index is 3.50. The van der Waals surface area contributed by atoms with Gasteiger partial charge in [-0.25, -0.2) is 0 Å². The lowest BCUT2D eigenvalue weighted by Crippen LogP contribution is -2.23. The van der Waals surface area contributed by atoms with Crippen LogP contribution in [0.2, 0.25) is 0 Å². The molecule has 0 atom stereocenters. The first-order valence-electron chi connectivity index (χ1n) is 6.29. The van der Waals surface area contributed by atoms with Crippen LogP contribution in [-0.2, 0) is 13.6 Å². The van der Waals surface area contributed by atoms with Gasteiger partial charge < -0.3 is 9.88 Å². The number of hydrogen-bond acceptors (Lipinski definition) is 1. The SMILES string of the molecule is Cc1c(CNC(C)C)n(C)c2c(C)cccc12. The monoisotopic (exact) mass is 230 g/mol. The molecule has 0 fully saturated rings. The lowest BCUT2D eigenvalue weighted by molar-refractivity contribution is 0.571. The molecule has 1 heterocycles. The first-order valence-corrected chi connectivity index (χ1v) is 6.29. The molecule has 1 N–H and O–H groups in total.